The summed E-state index contributed by atoms with van der Waals surface area (Å²) in [5.41, 5.74) is 1.15. The van der Waals surface area contributed by atoms with E-state index in [4.69, 9.17) is 14.2 Å². The number of methoxy groups -OCH3 is 2. The maximum Gasteiger partial charge on any atom is 0.123 e. The topological polar surface area (TPSA) is 39.7 Å². The van der Waals surface area contributed by atoms with Crippen molar-refractivity contribution in [3.63, 3.8) is 0 Å². The van der Waals surface area contributed by atoms with E-state index >= 15 is 0 Å². The first-order valence-corrected chi connectivity index (χ1v) is 6.85. The van der Waals surface area contributed by atoms with Crippen LogP contribution in [0, 0.1) is 0 Å². The Balaban J connectivity index is 2.01. The third kappa shape index (κ3) is 4.13. The van der Waals surface area contributed by atoms with Gasteiger partial charge in [-0.1, -0.05) is 18.2 Å². The highest BCUT2D eigenvalue weighted by Crippen LogP contribution is 2.22. The molecule has 1 unspecified atom stereocenters. The fourth-order valence-electron chi connectivity index (χ4n) is 2.05. The molecule has 21 heavy (non-hydrogen) atoms. The van der Waals surface area contributed by atoms with Gasteiger partial charge in [0.1, 0.15) is 23.9 Å². The molecular weight excluding hydrogens is 266 g/mol. The summed E-state index contributed by atoms with van der Waals surface area (Å²) < 4.78 is 16.2. The maximum absolute atomic E-state index is 5.84. The van der Waals surface area contributed by atoms with E-state index in [2.05, 4.69) is 5.32 Å². The molecule has 0 aliphatic rings. The van der Waals surface area contributed by atoms with Crippen LogP contribution in [-0.2, 0) is 0 Å². The zero-order valence-corrected chi connectivity index (χ0v) is 12.6. The van der Waals surface area contributed by atoms with Gasteiger partial charge >= 0.3 is 0 Å². The van der Waals surface area contributed by atoms with Crippen molar-refractivity contribution in [2.24, 2.45) is 0 Å². The summed E-state index contributed by atoms with van der Waals surface area (Å²) in [5.74, 6) is 2.43. The van der Waals surface area contributed by atoms with E-state index in [1.807, 2.05) is 55.6 Å². The molecule has 0 aliphatic heterocycles. The highest BCUT2D eigenvalue weighted by atomic mass is 16.5. The monoisotopic (exact) mass is 287 g/mol. The summed E-state index contributed by atoms with van der Waals surface area (Å²) in [6.45, 7) is 0.538. The average Bonchev–Trinajstić information content (AvgIpc) is 2.56. The fraction of sp³-hybridized carbons (Fsp3) is 0.294. The molecule has 0 saturated heterocycles. The summed E-state index contributed by atoms with van der Waals surface area (Å²) in [6.07, 6.45) is 0. The van der Waals surface area contributed by atoms with Gasteiger partial charge in [-0.05, 0) is 36.9 Å². The van der Waals surface area contributed by atoms with Crippen molar-refractivity contribution in [3.8, 4) is 17.2 Å². The Morgan fingerprint density at radius 2 is 1.57 bits per heavy atom. The van der Waals surface area contributed by atoms with E-state index in [-0.39, 0.29) is 6.04 Å². The van der Waals surface area contributed by atoms with Crippen LogP contribution in [0.1, 0.15) is 11.6 Å². The quantitative estimate of drug-likeness (QED) is 0.849. The lowest BCUT2D eigenvalue weighted by molar-refractivity contribution is 0.271. The Labute approximate surface area is 125 Å². The van der Waals surface area contributed by atoms with E-state index in [1.54, 1.807) is 14.2 Å². The van der Waals surface area contributed by atoms with E-state index in [1.165, 1.54) is 0 Å². The van der Waals surface area contributed by atoms with Gasteiger partial charge in [-0.15, -0.1) is 0 Å². The molecule has 2 rings (SSSR count). The smallest absolute Gasteiger partial charge is 0.123 e. The summed E-state index contributed by atoms with van der Waals surface area (Å²) in [6, 6.07) is 15.7. The van der Waals surface area contributed by atoms with Crippen molar-refractivity contribution < 1.29 is 14.2 Å². The van der Waals surface area contributed by atoms with Crippen molar-refractivity contribution in [2.45, 2.75) is 6.04 Å². The molecule has 0 heterocycles. The number of rotatable bonds is 7. The predicted molar refractivity (Wildman–Crippen MR) is 83.3 cm³/mol. The molecule has 0 fully saturated rings. The molecule has 4 heteroatoms. The normalized spacial score (nSPS) is 11.8. The number of hydrogen-bond donors (Lipinski definition) is 1. The van der Waals surface area contributed by atoms with Crippen molar-refractivity contribution in [2.75, 3.05) is 27.9 Å². The van der Waals surface area contributed by atoms with Gasteiger partial charge in [0.2, 0.25) is 0 Å². The zero-order valence-electron chi connectivity index (χ0n) is 12.6. The molecule has 2 aromatic rings. The molecule has 0 saturated carbocycles. The molecule has 1 atom stereocenters. The molecule has 0 amide bonds. The van der Waals surface area contributed by atoms with Crippen LogP contribution in [0.2, 0.25) is 0 Å². The highest BCUT2D eigenvalue weighted by Gasteiger charge is 2.10. The third-order valence-electron chi connectivity index (χ3n) is 3.32. The second-order valence-corrected chi connectivity index (χ2v) is 4.60. The summed E-state index contributed by atoms with van der Waals surface area (Å²) in [5, 5.41) is 3.26. The van der Waals surface area contributed by atoms with Gasteiger partial charge in [0.25, 0.3) is 0 Å². The van der Waals surface area contributed by atoms with Crippen molar-refractivity contribution in [1.82, 2.24) is 5.32 Å². The molecule has 112 valence electrons. The van der Waals surface area contributed by atoms with Crippen LogP contribution in [0.25, 0.3) is 0 Å². The van der Waals surface area contributed by atoms with Crippen molar-refractivity contribution >= 4 is 0 Å². The average molecular weight is 287 g/mol. The number of nitrogens with one attached hydrogen (secondary N) is 1. The Morgan fingerprint density at radius 1 is 0.905 bits per heavy atom. The largest absolute Gasteiger partial charge is 0.497 e. The number of hydrogen-bond acceptors (Lipinski definition) is 4. The van der Waals surface area contributed by atoms with E-state index in [0.29, 0.717) is 6.61 Å². The Kier molecular flexibility index (Phi) is 5.46. The summed E-state index contributed by atoms with van der Waals surface area (Å²) >= 11 is 0. The van der Waals surface area contributed by atoms with Crippen LogP contribution in [0.4, 0.5) is 0 Å². The van der Waals surface area contributed by atoms with Gasteiger partial charge in [0, 0.05) is 6.07 Å². The van der Waals surface area contributed by atoms with Crippen molar-refractivity contribution in [1.29, 1.82) is 0 Å². The van der Waals surface area contributed by atoms with Crippen LogP contribution in [-0.4, -0.2) is 27.9 Å². The van der Waals surface area contributed by atoms with Crippen molar-refractivity contribution in [3.05, 3.63) is 54.1 Å². The highest BCUT2D eigenvalue weighted by molar-refractivity contribution is 5.33. The Bertz CT molecular complexity index is 554. The maximum atomic E-state index is 5.84. The Hall–Kier alpha value is -2.20. The summed E-state index contributed by atoms with van der Waals surface area (Å²) in [7, 11) is 5.23. The second kappa shape index (κ2) is 7.55. The van der Waals surface area contributed by atoms with Crippen LogP contribution >= 0.6 is 0 Å². The Morgan fingerprint density at radius 3 is 2.19 bits per heavy atom. The van der Waals surface area contributed by atoms with Crippen LogP contribution in [0.15, 0.2) is 48.5 Å². The standard InChI is InChI=1S/C17H21NO3/c1-18-17(13-7-9-14(19-2)10-8-13)12-21-16-6-4-5-15(11-16)20-3/h4-11,17-18H,12H2,1-3H3. The first-order chi connectivity index (χ1) is 10.3. The minimum atomic E-state index is 0.113. The van der Waals surface area contributed by atoms with Crippen LogP contribution < -0.4 is 19.5 Å². The summed E-state index contributed by atoms with van der Waals surface area (Å²) in [4.78, 5) is 0. The molecular formula is C17H21NO3. The first kappa shape index (κ1) is 15.2. The SMILES string of the molecule is CNC(COc1cccc(OC)c1)c1ccc(OC)cc1. The fourth-order valence-corrected chi connectivity index (χ4v) is 2.05. The van der Waals surface area contributed by atoms with Crippen LogP contribution in [0.3, 0.4) is 0 Å². The first-order valence-electron chi connectivity index (χ1n) is 6.85. The van der Waals surface area contributed by atoms with Crippen LogP contribution in [0.5, 0.6) is 17.2 Å². The van der Waals surface area contributed by atoms with Gasteiger partial charge in [-0.3, -0.25) is 0 Å². The second-order valence-electron chi connectivity index (χ2n) is 4.60. The molecule has 1 N–H and O–H groups in total. The molecule has 2 aromatic carbocycles. The number of benzene rings is 2. The third-order valence-corrected chi connectivity index (χ3v) is 3.32. The van der Waals surface area contributed by atoms with Gasteiger partial charge in [0.05, 0.1) is 20.3 Å². The van der Waals surface area contributed by atoms with Gasteiger partial charge in [-0.25, -0.2) is 0 Å². The molecule has 0 aromatic heterocycles. The van der Waals surface area contributed by atoms with E-state index < -0.39 is 0 Å². The number of ether oxygens (including phenoxy) is 3. The minimum absolute atomic E-state index is 0.113. The number of likely N-dealkylation sites (N-methyl/N-ethyl adjacent to an activating group) is 1. The zero-order chi connectivity index (χ0) is 15.1. The molecule has 0 spiro atoms. The lowest BCUT2D eigenvalue weighted by atomic mass is 10.1. The molecule has 0 radical (unpaired) electrons. The van der Waals surface area contributed by atoms with Gasteiger partial charge in [-0.2, -0.15) is 0 Å². The van der Waals surface area contributed by atoms with Gasteiger partial charge in [0.15, 0.2) is 0 Å². The molecule has 0 bridgehead atoms. The molecule has 0 aliphatic carbocycles. The van der Waals surface area contributed by atoms with Gasteiger partial charge < -0.3 is 19.5 Å². The van der Waals surface area contributed by atoms with E-state index in [0.717, 1.165) is 22.8 Å². The lowest BCUT2D eigenvalue weighted by Crippen LogP contribution is -2.23. The predicted octanol–water partition coefficient (Wildman–Crippen LogP) is 3.04. The minimum Gasteiger partial charge on any atom is -0.497 e. The van der Waals surface area contributed by atoms with E-state index in [9.17, 15) is 0 Å². The molecule has 4 nitrogen and oxygen atoms in total. The lowest BCUT2D eigenvalue weighted by Gasteiger charge is -2.18.